The summed E-state index contributed by atoms with van der Waals surface area (Å²) in [4.78, 5) is 17.8. The summed E-state index contributed by atoms with van der Waals surface area (Å²) >= 11 is 0. The Morgan fingerprint density at radius 3 is 2.47 bits per heavy atom. The maximum atomic E-state index is 13.2. The van der Waals surface area contributed by atoms with Crippen LogP contribution < -0.4 is 9.47 Å². The predicted octanol–water partition coefficient (Wildman–Crippen LogP) is 4.14. The van der Waals surface area contributed by atoms with Gasteiger partial charge in [0.1, 0.15) is 11.5 Å². The first-order valence-electron chi connectivity index (χ1n) is 10.8. The van der Waals surface area contributed by atoms with Crippen LogP contribution in [0, 0.1) is 12.3 Å². The molecule has 1 spiro atoms. The van der Waals surface area contributed by atoms with Crippen molar-refractivity contribution in [1.82, 2.24) is 9.80 Å². The molecule has 0 saturated carbocycles. The quantitative estimate of drug-likeness (QED) is 0.746. The van der Waals surface area contributed by atoms with Gasteiger partial charge in [-0.3, -0.25) is 9.69 Å². The van der Waals surface area contributed by atoms with Crippen LogP contribution >= 0.6 is 0 Å². The Hall–Kier alpha value is -2.53. The van der Waals surface area contributed by atoms with Crippen LogP contribution in [0.5, 0.6) is 11.5 Å². The van der Waals surface area contributed by atoms with Crippen molar-refractivity contribution >= 4 is 5.91 Å². The molecule has 0 aliphatic carbocycles. The average Bonchev–Trinajstić information content (AvgIpc) is 3.15. The van der Waals surface area contributed by atoms with E-state index < -0.39 is 0 Å². The van der Waals surface area contributed by atoms with E-state index in [0.29, 0.717) is 17.1 Å². The topological polar surface area (TPSA) is 42.0 Å². The number of carbonyl (C=O) groups is 1. The lowest BCUT2D eigenvalue weighted by Gasteiger charge is -2.40. The first kappa shape index (κ1) is 20.7. The molecule has 2 saturated heterocycles. The van der Waals surface area contributed by atoms with E-state index in [1.165, 1.54) is 24.0 Å². The molecule has 160 valence electrons. The highest BCUT2D eigenvalue weighted by molar-refractivity contribution is 5.95. The standard InChI is InChI=1S/C25H32N2O3/c1-19-6-4-7-20(12-19)16-26-10-5-8-25(17-26)9-11-27(18-25)24(28)21-13-22(29-2)15-23(14-21)30-3/h4,6-7,12-15H,5,8-11,16-18H2,1-3H3/t25-/m1/s1. The highest BCUT2D eigenvalue weighted by Gasteiger charge is 2.42. The van der Waals surface area contributed by atoms with Crippen LogP contribution in [0.2, 0.25) is 0 Å². The molecule has 2 aliphatic heterocycles. The number of carbonyl (C=O) groups excluding carboxylic acids is 1. The number of likely N-dealkylation sites (tertiary alicyclic amines) is 2. The Kier molecular flexibility index (Phi) is 6.00. The lowest BCUT2D eigenvalue weighted by Crippen LogP contribution is -2.45. The number of ether oxygens (including phenoxy) is 2. The second-order valence-corrected chi connectivity index (χ2v) is 8.88. The van der Waals surface area contributed by atoms with Crippen LogP contribution in [-0.4, -0.2) is 56.1 Å². The summed E-state index contributed by atoms with van der Waals surface area (Å²) in [6.45, 7) is 6.98. The van der Waals surface area contributed by atoms with E-state index in [4.69, 9.17) is 9.47 Å². The highest BCUT2D eigenvalue weighted by Crippen LogP contribution is 2.40. The molecule has 2 fully saturated rings. The lowest BCUT2D eigenvalue weighted by atomic mass is 9.79. The SMILES string of the molecule is COc1cc(OC)cc(C(=O)N2CC[C@@]3(CCCN(Cc4cccc(C)c4)C3)C2)c1. The van der Waals surface area contributed by atoms with Gasteiger partial charge in [0.05, 0.1) is 14.2 Å². The molecule has 5 heteroatoms. The van der Waals surface area contributed by atoms with Gasteiger partial charge in [-0.1, -0.05) is 29.8 Å². The summed E-state index contributed by atoms with van der Waals surface area (Å²) < 4.78 is 10.7. The maximum absolute atomic E-state index is 13.2. The van der Waals surface area contributed by atoms with Gasteiger partial charge in [-0.15, -0.1) is 0 Å². The van der Waals surface area contributed by atoms with Crippen molar-refractivity contribution in [2.45, 2.75) is 32.7 Å². The Morgan fingerprint density at radius 1 is 1.00 bits per heavy atom. The van der Waals surface area contributed by atoms with Crippen molar-refractivity contribution in [3.63, 3.8) is 0 Å². The molecule has 2 heterocycles. The minimum atomic E-state index is 0.0693. The smallest absolute Gasteiger partial charge is 0.254 e. The van der Waals surface area contributed by atoms with Gasteiger partial charge in [-0.25, -0.2) is 0 Å². The molecule has 0 radical (unpaired) electrons. The van der Waals surface area contributed by atoms with Gasteiger partial charge < -0.3 is 14.4 Å². The van der Waals surface area contributed by atoms with Gasteiger partial charge >= 0.3 is 0 Å². The molecule has 2 aromatic rings. The van der Waals surface area contributed by atoms with Crippen molar-refractivity contribution < 1.29 is 14.3 Å². The van der Waals surface area contributed by atoms with E-state index in [2.05, 4.69) is 36.1 Å². The Morgan fingerprint density at radius 2 is 1.77 bits per heavy atom. The van der Waals surface area contributed by atoms with Gasteiger partial charge in [-0.2, -0.15) is 0 Å². The fourth-order valence-corrected chi connectivity index (χ4v) is 5.07. The summed E-state index contributed by atoms with van der Waals surface area (Å²) in [5.74, 6) is 1.36. The largest absolute Gasteiger partial charge is 0.497 e. The fraction of sp³-hybridized carbons (Fsp3) is 0.480. The van der Waals surface area contributed by atoms with Gasteiger partial charge in [0, 0.05) is 43.2 Å². The number of methoxy groups -OCH3 is 2. The van der Waals surface area contributed by atoms with Crippen molar-refractivity contribution in [1.29, 1.82) is 0 Å². The van der Waals surface area contributed by atoms with E-state index in [1.807, 2.05) is 4.90 Å². The van der Waals surface area contributed by atoms with Crippen LogP contribution in [-0.2, 0) is 6.54 Å². The Labute approximate surface area is 179 Å². The zero-order chi connectivity index (χ0) is 21.1. The van der Waals surface area contributed by atoms with E-state index in [1.54, 1.807) is 32.4 Å². The van der Waals surface area contributed by atoms with E-state index in [9.17, 15) is 4.79 Å². The van der Waals surface area contributed by atoms with E-state index >= 15 is 0 Å². The number of hydrogen-bond acceptors (Lipinski definition) is 4. The van der Waals surface area contributed by atoms with Crippen LogP contribution in [0.15, 0.2) is 42.5 Å². The molecule has 5 nitrogen and oxygen atoms in total. The molecule has 0 aromatic heterocycles. The highest BCUT2D eigenvalue weighted by atomic mass is 16.5. The van der Waals surface area contributed by atoms with E-state index in [-0.39, 0.29) is 11.3 Å². The first-order valence-corrected chi connectivity index (χ1v) is 10.8. The second-order valence-electron chi connectivity index (χ2n) is 8.88. The molecule has 0 N–H and O–H groups in total. The number of amides is 1. The van der Waals surface area contributed by atoms with Crippen molar-refractivity contribution in [2.75, 3.05) is 40.4 Å². The van der Waals surface area contributed by atoms with Crippen LogP contribution in [0.4, 0.5) is 0 Å². The Bertz CT molecular complexity index is 891. The van der Waals surface area contributed by atoms with Gasteiger partial charge in [0.25, 0.3) is 5.91 Å². The van der Waals surface area contributed by atoms with Crippen LogP contribution in [0.25, 0.3) is 0 Å². The number of aryl methyl sites for hydroxylation is 1. The summed E-state index contributed by atoms with van der Waals surface area (Å²) in [5, 5.41) is 0. The minimum absolute atomic E-state index is 0.0693. The van der Waals surface area contributed by atoms with Crippen LogP contribution in [0.3, 0.4) is 0 Å². The zero-order valence-corrected chi connectivity index (χ0v) is 18.3. The molecule has 4 rings (SSSR count). The summed E-state index contributed by atoms with van der Waals surface area (Å²) in [6, 6.07) is 14.2. The summed E-state index contributed by atoms with van der Waals surface area (Å²) in [7, 11) is 3.22. The first-order chi connectivity index (χ1) is 14.5. The van der Waals surface area contributed by atoms with Crippen molar-refractivity contribution in [2.24, 2.45) is 5.41 Å². The third kappa shape index (κ3) is 4.46. The van der Waals surface area contributed by atoms with Crippen molar-refractivity contribution in [3.8, 4) is 11.5 Å². The molecule has 2 aromatic carbocycles. The molecule has 1 atom stereocenters. The number of nitrogens with zero attached hydrogens (tertiary/aromatic N) is 2. The maximum Gasteiger partial charge on any atom is 0.254 e. The van der Waals surface area contributed by atoms with Gasteiger partial charge in [-0.05, 0) is 50.4 Å². The second kappa shape index (κ2) is 8.68. The zero-order valence-electron chi connectivity index (χ0n) is 18.3. The van der Waals surface area contributed by atoms with Crippen LogP contribution in [0.1, 0.15) is 40.7 Å². The van der Waals surface area contributed by atoms with Gasteiger partial charge in [0.2, 0.25) is 0 Å². The average molecular weight is 409 g/mol. The number of rotatable bonds is 5. The third-order valence-corrected chi connectivity index (χ3v) is 6.55. The Balaban J connectivity index is 1.44. The number of hydrogen-bond donors (Lipinski definition) is 0. The van der Waals surface area contributed by atoms with E-state index in [0.717, 1.165) is 39.1 Å². The van der Waals surface area contributed by atoms with Gasteiger partial charge in [0.15, 0.2) is 0 Å². The summed E-state index contributed by atoms with van der Waals surface area (Å²) in [5.41, 5.74) is 3.53. The number of benzene rings is 2. The molecule has 2 aliphatic rings. The predicted molar refractivity (Wildman–Crippen MR) is 118 cm³/mol. The normalized spacial score (nSPS) is 21.8. The number of piperidine rings is 1. The monoisotopic (exact) mass is 408 g/mol. The van der Waals surface area contributed by atoms with Crippen molar-refractivity contribution in [3.05, 3.63) is 59.2 Å². The molecule has 0 unspecified atom stereocenters. The summed E-state index contributed by atoms with van der Waals surface area (Å²) in [6.07, 6.45) is 3.47. The fourth-order valence-electron chi connectivity index (χ4n) is 5.07. The molecular formula is C25H32N2O3. The molecule has 1 amide bonds. The molecule has 0 bridgehead atoms. The molecule has 30 heavy (non-hydrogen) atoms. The minimum Gasteiger partial charge on any atom is -0.497 e. The molecular weight excluding hydrogens is 376 g/mol. The third-order valence-electron chi connectivity index (χ3n) is 6.55. The lowest BCUT2D eigenvalue weighted by molar-refractivity contribution is 0.0675.